The lowest BCUT2D eigenvalue weighted by Crippen LogP contribution is -2.02. The highest BCUT2D eigenvalue weighted by Crippen LogP contribution is 2.43. The molecule has 10 heteroatoms. The second-order valence-electron chi connectivity index (χ2n) is 17.6. The molecule has 6 heterocycles. The maximum atomic E-state index is 5.31. The lowest BCUT2D eigenvalue weighted by molar-refractivity contribution is 1.08. The van der Waals surface area contributed by atoms with Gasteiger partial charge >= 0.3 is 0 Å². The Labute approximate surface area is 411 Å². The molecular weight excluding hydrogens is 885 g/mol. The monoisotopic (exact) mass is 920 g/mol. The van der Waals surface area contributed by atoms with Gasteiger partial charge in [-0.15, -0.1) is 0 Å². The molecule has 334 valence electrons. The van der Waals surface area contributed by atoms with Crippen molar-refractivity contribution in [2.45, 2.75) is 0 Å². The summed E-state index contributed by atoms with van der Waals surface area (Å²) in [6.45, 7) is 0. The predicted molar refractivity (Wildman–Crippen MR) is 287 cm³/mol. The van der Waals surface area contributed by atoms with Gasteiger partial charge < -0.3 is 0 Å². The maximum Gasteiger partial charge on any atom is 0.164 e. The summed E-state index contributed by atoms with van der Waals surface area (Å²) in [7, 11) is 0. The molecule has 0 atom stereocenters. The molecule has 10 nitrogen and oxygen atoms in total. The number of aromatic nitrogens is 10. The van der Waals surface area contributed by atoms with Crippen LogP contribution in [0.4, 0.5) is 0 Å². The molecule has 0 aliphatic heterocycles. The fourth-order valence-corrected chi connectivity index (χ4v) is 10.0. The van der Waals surface area contributed by atoms with E-state index in [9.17, 15) is 0 Å². The minimum Gasteiger partial charge on any atom is -0.265 e. The van der Waals surface area contributed by atoms with Crippen LogP contribution in [-0.2, 0) is 0 Å². The van der Waals surface area contributed by atoms with Crippen LogP contribution in [0.2, 0.25) is 0 Å². The average Bonchev–Trinajstić information content (AvgIpc) is 3.46. The van der Waals surface area contributed by atoms with Gasteiger partial charge in [-0.1, -0.05) is 109 Å². The SMILES string of the molecule is c1cc(-c2ccncc2)cc(-c2nc(-c3cccc4ncccc34)nc(-c3ccc4ccc5c(-c6nc(-c7cccc(-c8ccncc8)c7)nc(-c7cccc8ncccc78)n6)ccc6ccc3c4c65)n2)c1. The maximum absolute atomic E-state index is 5.31. The molecule has 14 rings (SSSR count). The van der Waals surface area contributed by atoms with E-state index in [0.717, 1.165) is 110 Å². The van der Waals surface area contributed by atoms with Crippen LogP contribution < -0.4 is 0 Å². The van der Waals surface area contributed by atoms with Crippen molar-refractivity contribution in [1.82, 2.24) is 49.8 Å². The Hall–Kier alpha value is -10.1. The standard InChI is InChI=1S/C62H36N10/c1-7-41(37-25-31-63-32-26-37)35-43(9-1)57-67-59(49-11-3-15-53-45(49)13-5-29-65-53)71-61(69-57)51-23-19-39-18-22-48-52(24-20-40-17-21-47(51)55(39)56(40)48)62-70-58(44-10-2-8-42(36-44)38-27-33-64-34-28-38)68-60(72-62)50-12-4-16-54-46(50)14-6-30-66-54/h1-36H. The lowest BCUT2D eigenvalue weighted by Gasteiger charge is -2.17. The van der Waals surface area contributed by atoms with E-state index in [1.54, 1.807) is 24.8 Å². The van der Waals surface area contributed by atoms with Crippen LogP contribution in [0.1, 0.15) is 0 Å². The van der Waals surface area contributed by atoms with E-state index < -0.39 is 0 Å². The summed E-state index contributed by atoms with van der Waals surface area (Å²) < 4.78 is 0. The minimum absolute atomic E-state index is 0.561. The molecule has 72 heavy (non-hydrogen) atoms. The highest BCUT2D eigenvalue weighted by atomic mass is 15.0. The van der Waals surface area contributed by atoms with Gasteiger partial charge in [0.15, 0.2) is 34.9 Å². The largest absolute Gasteiger partial charge is 0.265 e. The summed E-state index contributed by atoms with van der Waals surface area (Å²) in [5.74, 6) is 3.38. The van der Waals surface area contributed by atoms with E-state index in [1.807, 2.05) is 85.2 Å². The first kappa shape index (κ1) is 41.0. The van der Waals surface area contributed by atoms with Crippen LogP contribution in [-0.4, -0.2) is 49.8 Å². The van der Waals surface area contributed by atoms with E-state index in [0.29, 0.717) is 34.9 Å². The molecule has 8 aromatic carbocycles. The van der Waals surface area contributed by atoms with Gasteiger partial charge in [-0.2, -0.15) is 0 Å². The number of fused-ring (bicyclic) bond motifs is 2. The Kier molecular flexibility index (Phi) is 9.59. The quantitative estimate of drug-likeness (QED) is 0.136. The van der Waals surface area contributed by atoms with Crippen molar-refractivity contribution in [2.75, 3.05) is 0 Å². The van der Waals surface area contributed by atoms with Gasteiger partial charge in [-0.3, -0.25) is 19.9 Å². The van der Waals surface area contributed by atoms with E-state index >= 15 is 0 Å². The molecule has 14 aromatic rings. The first-order valence-corrected chi connectivity index (χ1v) is 23.6. The van der Waals surface area contributed by atoms with Crippen molar-refractivity contribution in [2.24, 2.45) is 0 Å². The Morgan fingerprint density at radius 3 is 1.06 bits per heavy atom. The van der Waals surface area contributed by atoms with E-state index in [2.05, 4.69) is 129 Å². The summed E-state index contributed by atoms with van der Waals surface area (Å²) in [5, 5.41) is 8.34. The average molecular weight is 921 g/mol. The highest BCUT2D eigenvalue weighted by molar-refractivity contribution is 6.27. The molecule has 0 fully saturated rings. The number of pyridine rings is 4. The van der Waals surface area contributed by atoms with Gasteiger partial charge in [0.1, 0.15) is 0 Å². The number of nitrogens with zero attached hydrogens (tertiary/aromatic N) is 10. The topological polar surface area (TPSA) is 129 Å². The summed E-state index contributed by atoms with van der Waals surface area (Å²) in [6, 6.07) is 62.2. The van der Waals surface area contributed by atoms with E-state index in [-0.39, 0.29) is 0 Å². The first-order valence-electron chi connectivity index (χ1n) is 23.6. The van der Waals surface area contributed by atoms with Gasteiger partial charge in [0.2, 0.25) is 0 Å². The predicted octanol–water partition coefficient (Wildman–Crippen LogP) is 14.2. The zero-order valence-corrected chi connectivity index (χ0v) is 38.3. The fraction of sp³-hybridized carbons (Fsp3) is 0. The molecule has 0 spiro atoms. The lowest BCUT2D eigenvalue weighted by atomic mass is 9.89. The number of rotatable bonds is 8. The van der Waals surface area contributed by atoms with Crippen LogP contribution in [0.5, 0.6) is 0 Å². The smallest absolute Gasteiger partial charge is 0.164 e. The second-order valence-corrected chi connectivity index (χ2v) is 17.6. The Morgan fingerprint density at radius 2 is 0.611 bits per heavy atom. The van der Waals surface area contributed by atoms with Crippen molar-refractivity contribution in [3.8, 4) is 90.6 Å². The Balaban J connectivity index is 0.974. The molecule has 0 saturated heterocycles. The summed E-state index contributed by atoms with van der Waals surface area (Å²) in [6.07, 6.45) is 10.8. The Bertz CT molecular complexity index is 4120. The molecule has 0 amide bonds. The van der Waals surface area contributed by atoms with E-state index in [4.69, 9.17) is 29.9 Å². The minimum atomic E-state index is 0.561. The van der Waals surface area contributed by atoms with Crippen LogP contribution >= 0.6 is 0 Å². The van der Waals surface area contributed by atoms with Crippen LogP contribution in [0.15, 0.2) is 219 Å². The van der Waals surface area contributed by atoms with Crippen molar-refractivity contribution in [1.29, 1.82) is 0 Å². The third-order valence-electron chi connectivity index (χ3n) is 13.5. The highest BCUT2D eigenvalue weighted by Gasteiger charge is 2.22. The third-order valence-corrected chi connectivity index (χ3v) is 13.5. The molecule has 0 aliphatic carbocycles. The summed E-state index contributed by atoms with van der Waals surface area (Å²) >= 11 is 0. The van der Waals surface area contributed by atoms with Crippen LogP contribution in [0.3, 0.4) is 0 Å². The van der Waals surface area contributed by atoms with Gasteiger partial charge in [-0.25, -0.2) is 29.9 Å². The number of hydrogen-bond acceptors (Lipinski definition) is 10. The zero-order chi connectivity index (χ0) is 47.5. The van der Waals surface area contributed by atoms with Crippen molar-refractivity contribution in [3.63, 3.8) is 0 Å². The Morgan fingerprint density at radius 1 is 0.236 bits per heavy atom. The van der Waals surface area contributed by atoms with Gasteiger partial charge in [0.05, 0.1) is 11.0 Å². The van der Waals surface area contributed by atoms with Gasteiger partial charge in [-0.05, 0) is 127 Å². The molecule has 0 unspecified atom stereocenters. The van der Waals surface area contributed by atoms with Crippen molar-refractivity contribution < 1.29 is 0 Å². The molecule has 6 aromatic heterocycles. The number of benzene rings is 8. The van der Waals surface area contributed by atoms with Gasteiger partial charge in [0.25, 0.3) is 0 Å². The van der Waals surface area contributed by atoms with Crippen molar-refractivity contribution >= 4 is 54.1 Å². The van der Waals surface area contributed by atoms with Crippen molar-refractivity contribution in [3.05, 3.63) is 219 Å². The second kappa shape index (κ2) is 16.9. The van der Waals surface area contributed by atoms with E-state index in [1.165, 1.54) is 0 Å². The molecule has 0 radical (unpaired) electrons. The molecule has 0 aliphatic rings. The molecular formula is C62H36N10. The van der Waals surface area contributed by atoms with Gasteiger partial charge in [0, 0.05) is 81.3 Å². The third kappa shape index (κ3) is 7.04. The molecule has 0 saturated carbocycles. The van der Waals surface area contributed by atoms with Crippen LogP contribution in [0, 0.1) is 0 Å². The van der Waals surface area contributed by atoms with Crippen LogP contribution in [0.25, 0.3) is 145 Å². The molecule has 0 bridgehead atoms. The summed E-state index contributed by atoms with van der Waals surface area (Å²) in [4.78, 5) is 49.4. The molecule has 0 N–H and O–H groups in total. The number of hydrogen-bond donors (Lipinski definition) is 0. The first-order chi connectivity index (χ1) is 35.7. The fourth-order valence-electron chi connectivity index (χ4n) is 10.0. The normalized spacial score (nSPS) is 11.6. The summed E-state index contributed by atoms with van der Waals surface area (Å²) in [5.41, 5.74) is 11.2. The zero-order valence-electron chi connectivity index (χ0n) is 38.3.